The molecule has 0 saturated heterocycles. The molecule has 0 spiro atoms. The second-order valence-electron chi connectivity index (χ2n) is 4.48. The van der Waals surface area contributed by atoms with Crippen LogP contribution in [0, 0.1) is 0 Å². The fraction of sp³-hybridized carbons (Fsp3) is 0.533. The van der Waals surface area contributed by atoms with Crippen molar-refractivity contribution >= 4 is 5.91 Å². The van der Waals surface area contributed by atoms with Crippen LogP contribution in [0.1, 0.15) is 32.8 Å². The van der Waals surface area contributed by atoms with E-state index in [1.54, 1.807) is 6.92 Å². The first kappa shape index (κ1) is 15.5. The summed E-state index contributed by atoms with van der Waals surface area (Å²) in [4.78, 5) is 11.7. The van der Waals surface area contributed by atoms with Crippen molar-refractivity contribution in [2.24, 2.45) is 0 Å². The monoisotopic (exact) mass is 264 g/mol. The van der Waals surface area contributed by atoms with E-state index in [0.29, 0.717) is 6.54 Å². The minimum Gasteiger partial charge on any atom is -0.481 e. The number of nitrogens with one attached hydrogen (secondary N) is 2. The Labute approximate surface area is 115 Å². The third kappa shape index (κ3) is 5.75. The fourth-order valence-electron chi connectivity index (χ4n) is 1.60. The van der Waals surface area contributed by atoms with Gasteiger partial charge in [-0.15, -0.1) is 0 Å². The molecule has 0 heterocycles. The van der Waals surface area contributed by atoms with Crippen molar-refractivity contribution in [2.75, 3.05) is 13.1 Å². The normalized spacial score (nSPS) is 11.9. The van der Waals surface area contributed by atoms with E-state index in [-0.39, 0.29) is 5.91 Å². The number of hydrogen-bond acceptors (Lipinski definition) is 3. The number of benzene rings is 1. The summed E-state index contributed by atoms with van der Waals surface area (Å²) in [6, 6.07) is 7.82. The van der Waals surface area contributed by atoms with Gasteiger partial charge in [0, 0.05) is 13.1 Å². The minimum absolute atomic E-state index is 0.0708. The highest BCUT2D eigenvalue weighted by molar-refractivity contribution is 5.80. The summed E-state index contributed by atoms with van der Waals surface area (Å²) in [5, 5.41) is 6.08. The summed E-state index contributed by atoms with van der Waals surface area (Å²) in [5.41, 5.74) is 1.21. The third-order valence-electron chi connectivity index (χ3n) is 2.73. The van der Waals surface area contributed by atoms with Gasteiger partial charge in [0.15, 0.2) is 6.10 Å². The molecular weight excluding hydrogens is 240 g/mol. The summed E-state index contributed by atoms with van der Waals surface area (Å²) < 4.78 is 5.60. The van der Waals surface area contributed by atoms with Gasteiger partial charge < -0.3 is 15.4 Å². The number of carbonyl (C=O) groups excluding carboxylic acids is 1. The van der Waals surface area contributed by atoms with E-state index < -0.39 is 6.10 Å². The van der Waals surface area contributed by atoms with Crippen LogP contribution in [0.5, 0.6) is 5.75 Å². The molecule has 0 aliphatic rings. The van der Waals surface area contributed by atoms with Crippen molar-refractivity contribution in [2.45, 2.75) is 39.8 Å². The second kappa shape index (κ2) is 8.53. The minimum atomic E-state index is -0.467. The Morgan fingerprint density at radius 1 is 1.26 bits per heavy atom. The molecule has 0 radical (unpaired) electrons. The van der Waals surface area contributed by atoms with Gasteiger partial charge in [0.2, 0.25) is 0 Å². The first-order valence-electron chi connectivity index (χ1n) is 6.91. The van der Waals surface area contributed by atoms with Crippen molar-refractivity contribution in [3.63, 3.8) is 0 Å². The highest BCUT2D eigenvalue weighted by Gasteiger charge is 2.13. The second-order valence-corrected chi connectivity index (χ2v) is 4.48. The molecule has 2 N–H and O–H groups in total. The quantitative estimate of drug-likeness (QED) is 0.756. The molecule has 1 aromatic carbocycles. The van der Waals surface area contributed by atoms with E-state index in [2.05, 4.69) is 17.6 Å². The predicted molar refractivity (Wildman–Crippen MR) is 77.2 cm³/mol. The van der Waals surface area contributed by atoms with Crippen LogP contribution in [0.4, 0.5) is 0 Å². The summed E-state index contributed by atoms with van der Waals surface area (Å²) in [5.74, 6) is 0.651. The molecule has 0 fully saturated rings. The molecule has 106 valence electrons. The molecule has 0 aromatic heterocycles. The molecule has 0 saturated carbocycles. The maximum absolute atomic E-state index is 11.7. The number of hydrogen-bond donors (Lipinski definition) is 2. The van der Waals surface area contributed by atoms with Crippen molar-refractivity contribution < 1.29 is 9.53 Å². The van der Waals surface area contributed by atoms with Crippen molar-refractivity contribution in [3.8, 4) is 5.75 Å². The lowest BCUT2D eigenvalue weighted by atomic mass is 10.2. The van der Waals surface area contributed by atoms with Gasteiger partial charge in [0.05, 0.1) is 0 Å². The maximum Gasteiger partial charge on any atom is 0.260 e. The van der Waals surface area contributed by atoms with Crippen molar-refractivity contribution in [3.05, 3.63) is 29.8 Å². The van der Waals surface area contributed by atoms with Gasteiger partial charge in [-0.2, -0.15) is 0 Å². The summed E-state index contributed by atoms with van der Waals surface area (Å²) in [7, 11) is 0. The Hall–Kier alpha value is -1.55. The number of carbonyl (C=O) groups is 1. The topological polar surface area (TPSA) is 50.4 Å². The molecule has 1 unspecified atom stereocenters. The Kier molecular flexibility index (Phi) is 6.97. The highest BCUT2D eigenvalue weighted by atomic mass is 16.5. The Balaban J connectivity index is 2.45. The lowest BCUT2D eigenvalue weighted by molar-refractivity contribution is -0.127. The smallest absolute Gasteiger partial charge is 0.260 e. The first-order valence-corrected chi connectivity index (χ1v) is 6.91. The van der Waals surface area contributed by atoms with Crippen LogP contribution < -0.4 is 15.4 Å². The zero-order valence-corrected chi connectivity index (χ0v) is 12.0. The molecule has 0 aliphatic carbocycles. The van der Waals surface area contributed by atoms with E-state index in [1.165, 1.54) is 5.56 Å². The average Bonchev–Trinajstić information content (AvgIpc) is 2.43. The van der Waals surface area contributed by atoms with Crippen molar-refractivity contribution in [1.29, 1.82) is 0 Å². The fourth-order valence-corrected chi connectivity index (χ4v) is 1.60. The van der Waals surface area contributed by atoms with E-state index in [9.17, 15) is 4.79 Å². The van der Waals surface area contributed by atoms with Crippen LogP contribution in [0.3, 0.4) is 0 Å². The third-order valence-corrected chi connectivity index (χ3v) is 2.73. The number of amides is 1. The van der Waals surface area contributed by atoms with E-state index >= 15 is 0 Å². The molecule has 4 nitrogen and oxygen atoms in total. The van der Waals surface area contributed by atoms with Gasteiger partial charge in [-0.3, -0.25) is 4.79 Å². The van der Waals surface area contributed by atoms with Gasteiger partial charge in [-0.25, -0.2) is 0 Å². The summed E-state index contributed by atoms with van der Waals surface area (Å²) in [6.45, 7) is 8.35. The predicted octanol–water partition coefficient (Wildman–Crippen LogP) is 2.09. The van der Waals surface area contributed by atoms with E-state index in [4.69, 9.17) is 4.74 Å². The van der Waals surface area contributed by atoms with E-state index in [1.807, 2.05) is 31.2 Å². The van der Waals surface area contributed by atoms with Crippen LogP contribution in [0.25, 0.3) is 0 Å². The molecule has 0 aliphatic heterocycles. The van der Waals surface area contributed by atoms with Gasteiger partial charge in [0.1, 0.15) is 5.75 Å². The molecule has 1 atom stereocenters. The van der Waals surface area contributed by atoms with Gasteiger partial charge >= 0.3 is 0 Å². The van der Waals surface area contributed by atoms with Gasteiger partial charge in [0.25, 0.3) is 5.91 Å². The molecular formula is C15H24N2O2. The lowest BCUT2D eigenvalue weighted by Gasteiger charge is -2.14. The molecule has 1 rings (SSSR count). The maximum atomic E-state index is 11.7. The molecule has 19 heavy (non-hydrogen) atoms. The Morgan fingerprint density at radius 2 is 1.95 bits per heavy atom. The zero-order chi connectivity index (χ0) is 14.1. The SMILES string of the molecule is CCCNC(=O)C(C)Oc1ccc(CNCC)cc1. The number of rotatable bonds is 8. The summed E-state index contributed by atoms with van der Waals surface area (Å²) in [6.07, 6.45) is 0.462. The van der Waals surface area contributed by atoms with Gasteiger partial charge in [-0.1, -0.05) is 26.0 Å². The molecule has 0 bridgehead atoms. The van der Waals surface area contributed by atoms with Crippen LogP contribution in [-0.2, 0) is 11.3 Å². The van der Waals surface area contributed by atoms with Crippen LogP contribution in [-0.4, -0.2) is 25.1 Å². The summed E-state index contributed by atoms with van der Waals surface area (Å²) >= 11 is 0. The Bertz CT molecular complexity index is 376. The first-order chi connectivity index (χ1) is 9.17. The lowest BCUT2D eigenvalue weighted by Crippen LogP contribution is -2.36. The molecule has 1 amide bonds. The van der Waals surface area contributed by atoms with Crippen molar-refractivity contribution in [1.82, 2.24) is 10.6 Å². The van der Waals surface area contributed by atoms with Gasteiger partial charge in [-0.05, 0) is 37.6 Å². The molecule has 1 aromatic rings. The Morgan fingerprint density at radius 3 is 2.53 bits per heavy atom. The van der Waals surface area contributed by atoms with Crippen LogP contribution in [0.2, 0.25) is 0 Å². The van der Waals surface area contributed by atoms with Crippen LogP contribution in [0.15, 0.2) is 24.3 Å². The molecule has 4 heteroatoms. The van der Waals surface area contributed by atoms with E-state index in [0.717, 1.165) is 25.3 Å². The standard InChI is InChI=1S/C15H24N2O2/c1-4-10-17-15(18)12(3)19-14-8-6-13(7-9-14)11-16-5-2/h6-9,12,16H,4-5,10-11H2,1-3H3,(H,17,18). The highest BCUT2D eigenvalue weighted by Crippen LogP contribution is 2.14. The van der Waals surface area contributed by atoms with Crippen LogP contribution >= 0.6 is 0 Å². The number of ether oxygens (including phenoxy) is 1. The zero-order valence-electron chi connectivity index (χ0n) is 12.0. The average molecular weight is 264 g/mol. The largest absolute Gasteiger partial charge is 0.481 e.